The Balaban J connectivity index is 1.74. The van der Waals surface area contributed by atoms with E-state index in [1.165, 1.54) is 17.8 Å². The van der Waals surface area contributed by atoms with E-state index in [2.05, 4.69) is 47.4 Å². The maximum Gasteiger partial charge on any atom is 0.224 e. The molecule has 0 aliphatic carbocycles. The SMILES string of the molecule is COc1ccc(NC(C)=O)cc1NC(=O)CCc1cn(C(C)C)c2ccccc12. The smallest absolute Gasteiger partial charge is 0.224 e. The molecule has 0 radical (unpaired) electrons. The molecule has 0 aliphatic heterocycles. The lowest BCUT2D eigenvalue weighted by Crippen LogP contribution is -2.14. The van der Waals surface area contributed by atoms with Crippen LogP contribution in [0.5, 0.6) is 5.75 Å². The van der Waals surface area contributed by atoms with Crippen LogP contribution in [0.2, 0.25) is 0 Å². The van der Waals surface area contributed by atoms with Crippen molar-refractivity contribution < 1.29 is 14.3 Å². The lowest BCUT2D eigenvalue weighted by molar-refractivity contribution is -0.116. The molecule has 3 aromatic rings. The highest BCUT2D eigenvalue weighted by Gasteiger charge is 2.13. The van der Waals surface area contributed by atoms with Gasteiger partial charge in [-0.05, 0) is 50.1 Å². The van der Waals surface area contributed by atoms with E-state index in [0.29, 0.717) is 36.0 Å². The molecule has 2 N–H and O–H groups in total. The number of nitrogens with zero attached hydrogens (tertiary/aromatic N) is 1. The molecule has 0 atom stereocenters. The average Bonchev–Trinajstić information content (AvgIpc) is 3.05. The Labute approximate surface area is 170 Å². The van der Waals surface area contributed by atoms with Crippen molar-refractivity contribution in [1.82, 2.24) is 4.57 Å². The number of benzene rings is 2. The fourth-order valence-electron chi connectivity index (χ4n) is 3.45. The first kappa shape index (κ1) is 20.5. The fraction of sp³-hybridized carbons (Fsp3) is 0.304. The van der Waals surface area contributed by atoms with Crippen LogP contribution in [-0.2, 0) is 16.0 Å². The summed E-state index contributed by atoms with van der Waals surface area (Å²) in [5.41, 5.74) is 3.48. The Kier molecular flexibility index (Phi) is 6.22. The van der Waals surface area contributed by atoms with Gasteiger partial charge < -0.3 is 19.9 Å². The summed E-state index contributed by atoms with van der Waals surface area (Å²) in [5.74, 6) is 0.266. The van der Waals surface area contributed by atoms with Crippen LogP contribution in [0, 0.1) is 0 Å². The van der Waals surface area contributed by atoms with E-state index in [-0.39, 0.29) is 11.8 Å². The number of aryl methyl sites for hydroxylation is 1. The summed E-state index contributed by atoms with van der Waals surface area (Å²) in [6.07, 6.45) is 3.12. The first-order chi connectivity index (χ1) is 13.9. The lowest BCUT2D eigenvalue weighted by atomic mass is 10.1. The topological polar surface area (TPSA) is 72.4 Å². The predicted molar refractivity (Wildman–Crippen MR) is 117 cm³/mol. The van der Waals surface area contributed by atoms with Gasteiger partial charge in [0.05, 0.1) is 12.8 Å². The van der Waals surface area contributed by atoms with E-state index in [1.54, 1.807) is 25.3 Å². The van der Waals surface area contributed by atoms with E-state index < -0.39 is 0 Å². The minimum Gasteiger partial charge on any atom is -0.495 e. The number of amides is 2. The Morgan fingerprint density at radius 2 is 1.86 bits per heavy atom. The zero-order valence-corrected chi connectivity index (χ0v) is 17.3. The number of hydrogen-bond acceptors (Lipinski definition) is 3. The monoisotopic (exact) mass is 393 g/mol. The van der Waals surface area contributed by atoms with E-state index >= 15 is 0 Å². The number of carbonyl (C=O) groups excluding carboxylic acids is 2. The first-order valence-corrected chi connectivity index (χ1v) is 9.73. The van der Waals surface area contributed by atoms with Gasteiger partial charge in [0, 0.05) is 42.2 Å². The molecule has 0 fully saturated rings. The minimum atomic E-state index is -0.172. The molecule has 1 aromatic heterocycles. The van der Waals surface area contributed by atoms with Gasteiger partial charge in [0.15, 0.2) is 0 Å². The summed E-state index contributed by atoms with van der Waals surface area (Å²) < 4.78 is 7.56. The molecule has 0 bridgehead atoms. The number of rotatable bonds is 7. The maximum atomic E-state index is 12.6. The van der Waals surface area contributed by atoms with Gasteiger partial charge in [0.2, 0.25) is 11.8 Å². The van der Waals surface area contributed by atoms with Crippen LogP contribution >= 0.6 is 0 Å². The summed E-state index contributed by atoms with van der Waals surface area (Å²) >= 11 is 0. The van der Waals surface area contributed by atoms with E-state index in [0.717, 1.165) is 5.56 Å². The zero-order chi connectivity index (χ0) is 21.0. The predicted octanol–water partition coefficient (Wildman–Crippen LogP) is 4.76. The molecule has 152 valence electrons. The van der Waals surface area contributed by atoms with Gasteiger partial charge >= 0.3 is 0 Å². The molecule has 6 nitrogen and oxygen atoms in total. The Morgan fingerprint density at radius 1 is 1.10 bits per heavy atom. The average molecular weight is 393 g/mol. The summed E-state index contributed by atoms with van der Waals surface area (Å²) in [6, 6.07) is 13.8. The molecule has 29 heavy (non-hydrogen) atoms. The normalized spacial score (nSPS) is 10.9. The second-order valence-electron chi connectivity index (χ2n) is 7.32. The van der Waals surface area contributed by atoms with Crippen molar-refractivity contribution >= 4 is 34.1 Å². The Bertz CT molecular complexity index is 1040. The molecule has 0 saturated carbocycles. The molecule has 1 heterocycles. The third-order valence-corrected chi connectivity index (χ3v) is 4.79. The second kappa shape index (κ2) is 8.82. The van der Waals surface area contributed by atoms with Crippen LogP contribution in [0.4, 0.5) is 11.4 Å². The highest BCUT2D eigenvalue weighted by Crippen LogP contribution is 2.29. The summed E-state index contributed by atoms with van der Waals surface area (Å²) in [6.45, 7) is 5.74. The number of para-hydroxylation sites is 1. The molecule has 3 rings (SSSR count). The second-order valence-corrected chi connectivity index (χ2v) is 7.32. The standard InChI is InChI=1S/C23H27N3O3/c1-15(2)26-14-17(19-7-5-6-8-21(19)26)9-12-23(28)25-20-13-18(24-16(3)27)10-11-22(20)29-4/h5-8,10-11,13-15H,9,12H2,1-4H3,(H,24,27)(H,25,28). The minimum absolute atomic E-state index is 0.107. The van der Waals surface area contributed by atoms with Crippen LogP contribution < -0.4 is 15.4 Å². The third-order valence-electron chi connectivity index (χ3n) is 4.79. The number of fused-ring (bicyclic) bond motifs is 1. The van der Waals surface area contributed by atoms with Crippen molar-refractivity contribution in [2.45, 2.75) is 39.7 Å². The Morgan fingerprint density at radius 3 is 2.55 bits per heavy atom. The highest BCUT2D eigenvalue weighted by atomic mass is 16.5. The molecular weight excluding hydrogens is 366 g/mol. The van der Waals surface area contributed by atoms with Crippen LogP contribution in [0.25, 0.3) is 10.9 Å². The molecule has 0 saturated heterocycles. The molecule has 0 aliphatic rings. The van der Waals surface area contributed by atoms with Crippen LogP contribution in [0.3, 0.4) is 0 Å². The molecular formula is C23H27N3O3. The van der Waals surface area contributed by atoms with Crippen molar-refractivity contribution in [3.8, 4) is 5.75 Å². The van der Waals surface area contributed by atoms with Gasteiger partial charge in [-0.25, -0.2) is 0 Å². The van der Waals surface area contributed by atoms with Crippen molar-refractivity contribution in [3.05, 3.63) is 54.2 Å². The quantitative estimate of drug-likeness (QED) is 0.608. The van der Waals surface area contributed by atoms with E-state index in [9.17, 15) is 9.59 Å². The van der Waals surface area contributed by atoms with Crippen molar-refractivity contribution in [2.75, 3.05) is 17.7 Å². The van der Waals surface area contributed by atoms with Gasteiger partial charge in [0.25, 0.3) is 0 Å². The maximum absolute atomic E-state index is 12.6. The third kappa shape index (κ3) is 4.77. The molecule has 2 aromatic carbocycles. The molecule has 2 amide bonds. The summed E-state index contributed by atoms with van der Waals surface area (Å²) in [5, 5.41) is 6.79. The molecule has 6 heteroatoms. The van der Waals surface area contributed by atoms with Gasteiger partial charge in [-0.1, -0.05) is 18.2 Å². The number of carbonyl (C=O) groups is 2. The molecule has 0 unspecified atom stereocenters. The van der Waals surface area contributed by atoms with E-state index in [1.807, 2.05) is 12.1 Å². The van der Waals surface area contributed by atoms with Gasteiger partial charge in [-0.15, -0.1) is 0 Å². The van der Waals surface area contributed by atoms with Crippen LogP contribution in [0.15, 0.2) is 48.7 Å². The van der Waals surface area contributed by atoms with Gasteiger partial charge in [-0.3, -0.25) is 9.59 Å². The highest BCUT2D eigenvalue weighted by molar-refractivity contribution is 5.95. The summed E-state index contributed by atoms with van der Waals surface area (Å²) in [7, 11) is 1.55. The largest absolute Gasteiger partial charge is 0.495 e. The lowest BCUT2D eigenvalue weighted by Gasteiger charge is -2.12. The van der Waals surface area contributed by atoms with Gasteiger partial charge in [0.1, 0.15) is 5.75 Å². The van der Waals surface area contributed by atoms with E-state index in [4.69, 9.17) is 4.74 Å². The number of anilines is 2. The number of ether oxygens (including phenoxy) is 1. The Hall–Kier alpha value is -3.28. The van der Waals surface area contributed by atoms with Gasteiger partial charge in [-0.2, -0.15) is 0 Å². The number of methoxy groups -OCH3 is 1. The molecule has 0 spiro atoms. The van der Waals surface area contributed by atoms with Crippen molar-refractivity contribution in [3.63, 3.8) is 0 Å². The number of aromatic nitrogens is 1. The number of nitrogens with one attached hydrogen (secondary N) is 2. The van der Waals surface area contributed by atoms with Crippen LogP contribution in [-0.4, -0.2) is 23.5 Å². The van der Waals surface area contributed by atoms with Crippen LogP contribution in [0.1, 0.15) is 38.8 Å². The zero-order valence-electron chi connectivity index (χ0n) is 17.3. The summed E-state index contributed by atoms with van der Waals surface area (Å²) in [4.78, 5) is 23.9. The number of hydrogen-bond donors (Lipinski definition) is 2. The first-order valence-electron chi connectivity index (χ1n) is 9.73. The van der Waals surface area contributed by atoms with Crippen molar-refractivity contribution in [1.29, 1.82) is 0 Å². The van der Waals surface area contributed by atoms with Crippen molar-refractivity contribution in [2.24, 2.45) is 0 Å². The fourth-order valence-corrected chi connectivity index (χ4v) is 3.45.